The van der Waals surface area contributed by atoms with Crippen LogP contribution in [0.15, 0.2) is 0 Å². The van der Waals surface area contributed by atoms with Gasteiger partial charge in [-0.25, -0.2) is 9.59 Å². The van der Waals surface area contributed by atoms with E-state index in [4.69, 9.17) is 14.6 Å². The molecular formula is C13H26N2O6. The zero-order chi connectivity index (χ0) is 16.3. The van der Waals surface area contributed by atoms with E-state index in [0.29, 0.717) is 39.5 Å². The van der Waals surface area contributed by atoms with Crippen LogP contribution in [-0.4, -0.2) is 78.8 Å². The number of rotatable bonds is 11. The van der Waals surface area contributed by atoms with Crippen molar-refractivity contribution in [1.82, 2.24) is 10.2 Å². The molecule has 2 unspecified atom stereocenters. The number of nitrogens with zero attached hydrogens (tertiary/aromatic N) is 1. The van der Waals surface area contributed by atoms with Gasteiger partial charge in [0.25, 0.3) is 0 Å². The molecule has 0 spiro atoms. The average Bonchev–Trinajstić information content (AvgIpc) is 2.42. The topological polar surface area (TPSA) is 108 Å². The first-order valence-electron chi connectivity index (χ1n) is 7.05. The Labute approximate surface area is 125 Å². The second-order valence-electron chi connectivity index (χ2n) is 4.39. The summed E-state index contributed by atoms with van der Waals surface area (Å²) >= 11 is 0. The predicted molar refractivity (Wildman–Crippen MR) is 76.2 cm³/mol. The van der Waals surface area contributed by atoms with Crippen molar-refractivity contribution in [3.8, 4) is 0 Å². The number of urea groups is 1. The molecule has 0 radical (unpaired) electrons. The summed E-state index contributed by atoms with van der Waals surface area (Å²) in [5, 5.41) is 20.6. The molecule has 0 saturated heterocycles. The zero-order valence-corrected chi connectivity index (χ0v) is 12.9. The van der Waals surface area contributed by atoms with Crippen molar-refractivity contribution < 1.29 is 29.3 Å². The lowest BCUT2D eigenvalue weighted by atomic mass is 10.2. The Bertz CT molecular complexity index is 301. The van der Waals surface area contributed by atoms with Gasteiger partial charge in [-0.2, -0.15) is 0 Å². The number of nitrogens with one attached hydrogen (secondary N) is 1. The highest BCUT2D eigenvalue weighted by Crippen LogP contribution is 1.98. The van der Waals surface area contributed by atoms with E-state index in [1.54, 1.807) is 0 Å². The van der Waals surface area contributed by atoms with Gasteiger partial charge in [0.1, 0.15) is 0 Å². The molecule has 8 nitrogen and oxygen atoms in total. The minimum Gasteiger partial charge on any atom is -0.480 e. The van der Waals surface area contributed by atoms with Crippen LogP contribution in [0, 0.1) is 0 Å². The van der Waals surface area contributed by atoms with Gasteiger partial charge in [0.2, 0.25) is 0 Å². The van der Waals surface area contributed by atoms with Crippen LogP contribution in [0.1, 0.15) is 20.8 Å². The number of carboxylic acids is 1. The lowest BCUT2D eigenvalue weighted by Crippen LogP contribution is -2.53. The van der Waals surface area contributed by atoms with E-state index in [9.17, 15) is 14.7 Å². The van der Waals surface area contributed by atoms with Gasteiger partial charge in [0, 0.05) is 26.3 Å². The molecule has 2 atom stereocenters. The first kappa shape index (κ1) is 19.6. The van der Waals surface area contributed by atoms with Gasteiger partial charge in [-0.05, 0) is 20.8 Å². The van der Waals surface area contributed by atoms with E-state index in [1.165, 1.54) is 11.8 Å². The molecule has 0 aromatic carbocycles. The Kier molecular flexibility index (Phi) is 10.6. The highest BCUT2D eigenvalue weighted by Gasteiger charge is 2.27. The van der Waals surface area contributed by atoms with E-state index in [1.807, 2.05) is 13.8 Å². The van der Waals surface area contributed by atoms with Crippen molar-refractivity contribution in [3.05, 3.63) is 0 Å². The van der Waals surface area contributed by atoms with Crippen LogP contribution in [0.2, 0.25) is 0 Å². The standard InChI is InChI=1S/C13H26N2O6/c1-4-20-8-6-15(7-9-21-5-2)13(19)14-11(10(3)16)12(17)18/h10-11,16H,4-9H2,1-3H3,(H,14,19)(H,17,18). The summed E-state index contributed by atoms with van der Waals surface area (Å²) in [6, 6.07) is -1.91. The van der Waals surface area contributed by atoms with Crippen molar-refractivity contribution >= 4 is 12.0 Å². The SMILES string of the molecule is CCOCCN(CCOCC)C(=O)NC(C(=O)O)C(C)O. The summed E-state index contributed by atoms with van der Waals surface area (Å²) in [4.78, 5) is 24.5. The Morgan fingerprint density at radius 2 is 1.62 bits per heavy atom. The monoisotopic (exact) mass is 306 g/mol. The maximum atomic E-state index is 12.1. The van der Waals surface area contributed by atoms with Crippen LogP contribution in [0.3, 0.4) is 0 Å². The molecule has 21 heavy (non-hydrogen) atoms. The van der Waals surface area contributed by atoms with E-state index in [2.05, 4.69) is 5.32 Å². The maximum Gasteiger partial charge on any atom is 0.328 e. The first-order valence-corrected chi connectivity index (χ1v) is 7.05. The molecule has 0 heterocycles. The molecule has 0 bridgehead atoms. The third kappa shape index (κ3) is 8.49. The highest BCUT2D eigenvalue weighted by molar-refractivity contribution is 5.83. The molecule has 0 rings (SSSR count). The summed E-state index contributed by atoms with van der Waals surface area (Å²) in [6.07, 6.45) is -1.19. The van der Waals surface area contributed by atoms with Crippen LogP contribution in [0.5, 0.6) is 0 Å². The largest absolute Gasteiger partial charge is 0.480 e. The number of aliphatic carboxylic acids is 1. The van der Waals surface area contributed by atoms with Gasteiger partial charge in [-0.3, -0.25) is 0 Å². The lowest BCUT2D eigenvalue weighted by molar-refractivity contribution is -0.141. The number of carbonyl (C=O) groups excluding carboxylic acids is 1. The molecule has 0 aliphatic carbocycles. The summed E-state index contributed by atoms with van der Waals surface area (Å²) in [5.41, 5.74) is 0. The zero-order valence-electron chi connectivity index (χ0n) is 12.9. The van der Waals surface area contributed by atoms with Crippen LogP contribution in [0.4, 0.5) is 4.79 Å². The second-order valence-corrected chi connectivity index (χ2v) is 4.39. The summed E-state index contributed by atoms with van der Waals surface area (Å²) in [6.45, 7) is 7.40. The van der Waals surface area contributed by atoms with E-state index >= 15 is 0 Å². The molecule has 124 valence electrons. The molecule has 3 N–H and O–H groups in total. The minimum atomic E-state index is -1.35. The third-order valence-corrected chi connectivity index (χ3v) is 2.73. The van der Waals surface area contributed by atoms with Gasteiger partial charge in [0.15, 0.2) is 6.04 Å². The van der Waals surface area contributed by atoms with E-state index in [-0.39, 0.29) is 0 Å². The van der Waals surface area contributed by atoms with Gasteiger partial charge >= 0.3 is 12.0 Å². The van der Waals surface area contributed by atoms with E-state index < -0.39 is 24.1 Å². The Balaban J connectivity index is 4.55. The van der Waals surface area contributed by atoms with Crippen LogP contribution < -0.4 is 5.32 Å². The first-order chi connectivity index (χ1) is 9.93. The molecular weight excluding hydrogens is 280 g/mol. The van der Waals surface area contributed by atoms with Crippen molar-refractivity contribution in [2.75, 3.05) is 39.5 Å². The normalized spacial score (nSPS) is 13.5. The molecule has 0 aliphatic rings. The molecule has 2 amide bonds. The van der Waals surface area contributed by atoms with Crippen LogP contribution in [-0.2, 0) is 14.3 Å². The third-order valence-electron chi connectivity index (χ3n) is 2.73. The molecule has 0 saturated carbocycles. The number of aliphatic hydroxyl groups excluding tert-OH is 1. The Morgan fingerprint density at radius 3 is 1.95 bits per heavy atom. The van der Waals surface area contributed by atoms with Gasteiger partial charge in [-0.15, -0.1) is 0 Å². The Morgan fingerprint density at radius 1 is 1.14 bits per heavy atom. The smallest absolute Gasteiger partial charge is 0.328 e. The van der Waals surface area contributed by atoms with E-state index in [0.717, 1.165) is 0 Å². The number of hydrogen-bond donors (Lipinski definition) is 3. The second kappa shape index (κ2) is 11.3. The summed E-state index contributed by atoms with van der Waals surface area (Å²) in [7, 11) is 0. The lowest BCUT2D eigenvalue weighted by Gasteiger charge is -2.26. The maximum absolute atomic E-state index is 12.1. The summed E-state index contributed by atoms with van der Waals surface area (Å²) in [5.74, 6) is -1.28. The molecule has 0 fully saturated rings. The predicted octanol–water partition coefficient (Wildman–Crippen LogP) is -0.0950. The van der Waals surface area contributed by atoms with Gasteiger partial charge in [-0.1, -0.05) is 0 Å². The number of amides is 2. The number of hydrogen-bond acceptors (Lipinski definition) is 5. The molecule has 0 aromatic rings. The van der Waals surface area contributed by atoms with Gasteiger partial charge < -0.3 is 29.9 Å². The number of aliphatic hydroxyl groups is 1. The van der Waals surface area contributed by atoms with Gasteiger partial charge in [0.05, 0.1) is 19.3 Å². The number of carboxylic acid groups (broad SMARTS) is 1. The van der Waals surface area contributed by atoms with Crippen molar-refractivity contribution in [2.45, 2.75) is 32.9 Å². The molecule has 0 aromatic heterocycles. The fourth-order valence-electron chi connectivity index (χ4n) is 1.57. The van der Waals surface area contributed by atoms with Crippen LogP contribution >= 0.6 is 0 Å². The number of carbonyl (C=O) groups is 2. The minimum absolute atomic E-state index is 0.318. The number of ether oxygens (including phenoxy) is 2. The summed E-state index contributed by atoms with van der Waals surface area (Å²) < 4.78 is 10.4. The van der Waals surface area contributed by atoms with Crippen molar-refractivity contribution in [1.29, 1.82) is 0 Å². The Hall–Kier alpha value is -1.38. The van der Waals surface area contributed by atoms with Crippen molar-refractivity contribution in [3.63, 3.8) is 0 Å². The molecule has 8 heteroatoms. The quantitative estimate of drug-likeness (QED) is 0.460. The van der Waals surface area contributed by atoms with Crippen molar-refractivity contribution in [2.24, 2.45) is 0 Å². The average molecular weight is 306 g/mol. The highest BCUT2D eigenvalue weighted by atomic mass is 16.5. The molecule has 0 aliphatic heterocycles. The fraction of sp³-hybridized carbons (Fsp3) is 0.846. The fourth-order valence-corrected chi connectivity index (χ4v) is 1.57. The van der Waals surface area contributed by atoms with Crippen LogP contribution in [0.25, 0.3) is 0 Å².